The van der Waals surface area contributed by atoms with Gasteiger partial charge in [0.25, 0.3) is 0 Å². The van der Waals surface area contributed by atoms with Crippen molar-refractivity contribution in [3.63, 3.8) is 0 Å². The number of ether oxygens (including phenoxy) is 6. The van der Waals surface area contributed by atoms with Crippen LogP contribution in [0.5, 0.6) is 5.75 Å². The maximum Gasteiger partial charge on any atom is 0.303 e. The third kappa shape index (κ3) is 7.77. The third-order valence-corrected chi connectivity index (χ3v) is 7.18. The van der Waals surface area contributed by atoms with Crippen molar-refractivity contribution in [2.75, 3.05) is 6.61 Å². The van der Waals surface area contributed by atoms with Crippen molar-refractivity contribution in [3.05, 3.63) is 64.2 Å². The van der Waals surface area contributed by atoms with Crippen molar-refractivity contribution in [2.24, 2.45) is 0 Å². The molecule has 1 fully saturated rings. The fourth-order valence-corrected chi connectivity index (χ4v) is 5.39. The van der Waals surface area contributed by atoms with E-state index in [4.69, 9.17) is 40.0 Å². The minimum absolute atomic E-state index is 0.118. The molecule has 0 spiro atoms. The van der Waals surface area contributed by atoms with E-state index in [0.29, 0.717) is 16.3 Å². The first-order chi connectivity index (χ1) is 19.5. The summed E-state index contributed by atoms with van der Waals surface area (Å²) in [6, 6.07) is 13.2. The van der Waals surface area contributed by atoms with E-state index in [0.717, 1.165) is 19.3 Å². The number of rotatable bonds is 8. The van der Waals surface area contributed by atoms with Gasteiger partial charge in [-0.3, -0.25) is 19.2 Å². The predicted molar refractivity (Wildman–Crippen MR) is 145 cm³/mol. The van der Waals surface area contributed by atoms with Gasteiger partial charge in [0.05, 0.1) is 5.02 Å². The Morgan fingerprint density at radius 2 is 1.46 bits per heavy atom. The molecule has 1 heterocycles. The second kappa shape index (κ2) is 13.4. The molecule has 0 N–H and O–H groups in total. The van der Waals surface area contributed by atoms with E-state index in [2.05, 4.69) is 12.1 Å². The van der Waals surface area contributed by atoms with Crippen LogP contribution < -0.4 is 4.74 Å². The first kappa shape index (κ1) is 30.3. The molecule has 2 aromatic carbocycles. The van der Waals surface area contributed by atoms with E-state index in [-0.39, 0.29) is 12.7 Å². The highest BCUT2D eigenvalue weighted by Crippen LogP contribution is 2.40. The Labute approximate surface area is 243 Å². The molecule has 0 aromatic heterocycles. The molecule has 1 unspecified atom stereocenters. The van der Waals surface area contributed by atoms with Crippen LogP contribution in [0.2, 0.25) is 5.02 Å². The van der Waals surface area contributed by atoms with Crippen molar-refractivity contribution in [3.8, 4) is 5.75 Å². The zero-order valence-corrected chi connectivity index (χ0v) is 24.1. The van der Waals surface area contributed by atoms with Gasteiger partial charge >= 0.3 is 23.9 Å². The van der Waals surface area contributed by atoms with Crippen molar-refractivity contribution >= 4 is 35.5 Å². The van der Waals surface area contributed by atoms with Gasteiger partial charge < -0.3 is 28.4 Å². The van der Waals surface area contributed by atoms with Crippen LogP contribution in [0.1, 0.15) is 56.9 Å². The summed E-state index contributed by atoms with van der Waals surface area (Å²) in [6.45, 7) is 4.46. The van der Waals surface area contributed by atoms with Crippen LogP contribution in [-0.2, 0) is 55.7 Å². The van der Waals surface area contributed by atoms with Gasteiger partial charge in [-0.1, -0.05) is 41.9 Å². The smallest absolute Gasteiger partial charge is 0.303 e. The van der Waals surface area contributed by atoms with Crippen molar-refractivity contribution in [1.29, 1.82) is 0 Å². The summed E-state index contributed by atoms with van der Waals surface area (Å²) in [5.74, 6) is -2.25. The zero-order valence-electron chi connectivity index (χ0n) is 23.3. The molecule has 6 atom stereocenters. The number of benzene rings is 2. The third-order valence-electron chi connectivity index (χ3n) is 6.87. The van der Waals surface area contributed by atoms with Gasteiger partial charge in [-0.05, 0) is 41.7 Å². The quantitative estimate of drug-likeness (QED) is 0.329. The Morgan fingerprint density at radius 1 is 0.829 bits per heavy atom. The van der Waals surface area contributed by atoms with Crippen molar-refractivity contribution < 1.29 is 47.6 Å². The molecule has 220 valence electrons. The van der Waals surface area contributed by atoms with Gasteiger partial charge in [0.15, 0.2) is 18.3 Å². The second-order valence-corrected chi connectivity index (χ2v) is 10.5. The molecule has 2 aliphatic rings. The summed E-state index contributed by atoms with van der Waals surface area (Å²) in [6.07, 6.45) is -3.53. The molecule has 1 saturated heterocycles. The highest BCUT2D eigenvalue weighted by Gasteiger charge is 2.52. The molecule has 11 heteroatoms. The highest BCUT2D eigenvalue weighted by atomic mass is 35.5. The van der Waals surface area contributed by atoms with Gasteiger partial charge in [0.2, 0.25) is 0 Å². The minimum atomic E-state index is -1.27. The number of esters is 4. The van der Waals surface area contributed by atoms with Crippen LogP contribution in [0.3, 0.4) is 0 Å². The molecular formula is C30H33ClO10. The number of hydrogen-bond acceptors (Lipinski definition) is 10. The molecule has 1 aliphatic carbocycles. The molecule has 41 heavy (non-hydrogen) atoms. The standard InChI is InChI=1S/C30H33ClO10/c1-16(32)36-15-26-28(37-17(2)33)30(39-19(4)35)29(38-18(3)34)27(41-26)22-10-12-24(31)25(14-22)40-23-11-9-20-7-5-6-8-21(20)13-23/h5-8,10,12,14,23,26-30H,9,11,13,15H2,1-4H3/t23?,26-,27+,28-,29+,30+/m1/s1. The maximum atomic E-state index is 12.2. The zero-order chi connectivity index (χ0) is 29.7. The summed E-state index contributed by atoms with van der Waals surface area (Å²) in [7, 11) is 0. The van der Waals surface area contributed by atoms with Gasteiger partial charge in [-0.15, -0.1) is 0 Å². The number of carbonyl (C=O) groups excluding carboxylic acids is 4. The van der Waals surface area contributed by atoms with E-state index >= 15 is 0 Å². The van der Waals surface area contributed by atoms with Crippen LogP contribution in [0, 0.1) is 0 Å². The highest BCUT2D eigenvalue weighted by molar-refractivity contribution is 6.32. The molecule has 4 rings (SSSR count). The first-order valence-electron chi connectivity index (χ1n) is 13.3. The Kier molecular flexibility index (Phi) is 9.88. The van der Waals surface area contributed by atoms with E-state index in [1.54, 1.807) is 18.2 Å². The maximum absolute atomic E-state index is 12.2. The molecule has 0 amide bonds. The largest absolute Gasteiger partial charge is 0.489 e. The predicted octanol–water partition coefficient (Wildman–Crippen LogP) is 4.07. The van der Waals surface area contributed by atoms with E-state index in [1.165, 1.54) is 38.8 Å². The Morgan fingerprint density at radius 3 is 2.12 bits per heavy atom. The van der Waals surface area contributed by atoms with Gasteiger partial charge in [-0.25, -0.2) is 0 Å². The molecule has 0 radical (unpaired) electrons. The lowest BCUT2D eigenvalue weighted by Crippen LogP contribution is -2.59. The van der Waals surface area contributed by atoms with Crippen LogP contribution in [0.15, 0.2) is 42.5 Å². The first-order valence-corrected chi connectivity index (χ1v) is 13.7. The number of fused-ring (bicyclic) bond motifs is 1. The fourth-order valence-electron chi connectivity index (χ4n) is 5.23. The monoisotopic (exact) mass is 588 g/mol. The average Bonchev–Trinajstić information content (AvgIpc) is 2.90. The lowest BCUT2D eigenvalue weighted by molar-refractivity contribution is -0.254. The summed E-state index contributed by atoms with van der Waals surface area (Å²) >= 11 is 6.53. The van der Waals surface area contributed by atoms with E-state index in [1.807, 2.05) is 12.1 Å². The SMILES string of the molecule is CC(=O)OC[C@H]1O[C@@H](c2ccc(Cl)c(OC3CCc4ccccc4C3)c2)[C@H](OC(C)=O)[C@@H](OC(C)=O)[C@@H]1OC(C)=O. The number of aryl methyl sites for hydroxylation is 1. The minimum Gasteiger partial charge on any atom is -0.489 e. The molecule has 2 aromatic rings. The molecular weight excluding hydrogens is 556 g/mol. The summed E-state index contributed by atoms with van der Waals surface area (Å²) in [5, 5.41) is 0.373. The lowest BCUT2D eigenvalue weighted by atomic mass is 9.89. The van der Waals surface area contributed by atoms with Crippen LogP contribution >= 0.6 is 11.6 Å². The van der Waals surface area contributed by atoms with Gasteiger partial charge in [0.1, 0.15) is 30.7 Å². The number of halogens is 1. The number of carbonyl (C=O) groups is 4. The Bertz CT molecular complexity index is 1290. The van der Waals surface area contributed by atoms with Crippen LogP contribution in [-0.4, -0.2) is 61.0 Å². The molecule has 10 nitrogen and oxygen atoms in total. The van der Waals surface area contributed by atoms with Crippen molar-refractivity contribution in [1.82, 2.24) is 0 Å². The van der Waals surface area contributed by atoms with Crippen molar-refractivity contribution in [2.45, 2.75) is 83.6 Å². The van der Waals surface area contributed by atoms with E-state index in [9.17, 15) is 19.2 Å². The number of hydrogen-bond donors (Lipinski definition) is 0. The summed E-state index contributed by atoms with van der Waals surface area (Å²) in [4.78, 5) is 47.9. The normalized spacial score (nSPS) is 25.3. The molecule has 0 bridgehead atoms. The van der Waals surface area contributed by atoms with Gasteiger partial charge in [-0.2, -0.15) is 0 Å². The van der Waals surface area contributed by atoms with Crippen LogP contribution in [0.25, 0.3) is 0 Å². The second-order valence-electron chi connectivity index (χ2n) is 10.1. The lowest BCUT2D eigenvalue weighted by Gasteiger charge is -2.44. The Balaban J connectivity index is 1.68. The molecule has 1 aliphatic heterocycles. The average molecular weight is 589 g/mol. The topological polar surface area (TPSA) is 124 Å². The van der Waals surface area contributed by atoms with Gasteiger partial charge in [0, 0.05) is 34.1 Å². The molecule has 0 saturated carbocycles. The van der Waals surface area contributed by atoms with E-state index < -0.39 is 54.4 Å². The van der Waals surface area contributed by atoms with Crippen LogP contribution in [0.4, 0.5) is 0 Å². The Hall–Kier alpha value is -3.63. The summed E-state index contributed by atoms with van der Waals surface area (Å²) < 4.78 is 34.4. The summed E-state index contributed by atoms with van der Waals surface area (Å²) in [5.41, 5.74) is 3.01. The fraction of sp³-hybridized carbons (Fsp3) is 0.467.